The minimum absolute atomic E-state index is 0.0648. The molecule has 4 nitrogen and oxygen atoms in total. The van der Waals surface area contributed by atoms with Crippen LogP contribution in [0.1, 0.15) is 46.0 Å². The minimum Gasteiger partial charge on any atom is -0.545 e. The van der Waals surface area contributed by atoms with E-state index in [9.17, 15) is 19.8 Å². The Morgan fingerprint density at radius 3 is 0.941 bits per heavy atom. The van der Waals surface area contributed by atoms with Gasteiger partial charge >= 0.3 is 0 Å². The molecule has 0 bridgehead atoms. The van der Waals surface area contributed by atoms with E-state index in [0.717, 1.165) is 0 Å². The van der Waals surface area contributed by atoms with Crippen molar-refractivity contribution in [1.29, 1.82) is 0 Å². The molecule has 0 N–H and O–H groups in total. The van der Waals surface area contributed by atoms with Gasteiger partial charge in [-0.05, 0) is 25.0 Å². The van der Waals surface area contributed by atoms with E-state index < -0.39 is 11.9 Å². The standard InChI is InChI=1S/C5H10.2C4H6O2/c1-2-4-5-3-1;2*1-3(2)4(5)6/h1-5H2;2*1H2,2H3,(H,5,6)/p-2. The van der Waals surface area contributed by atoms with Crippen LogP contribution in [0.5, 0.6) is 0 Å². The smallest absolute Gasteiger partial charge is 0.0666 e. The van der Waals surface area contributed by atoms with Gasteiger partial charge in [0, 0.05) is 0 Å². The van der Waals surface area contributed by atoms with Gasteiger partial charge in [0.1, 0.15) is 0 Å². The molecule has 0 unspecified atom stereocenters. The third-order valence-corrected chi connectivity index (χ3v) is 1.95. The van der Waals surface area contributed by atoms with E-state index in [4.69, 9.17) is 0 Å². The molecule has 0 spiro atoms. The number of carboxylic acid groups (broad SMARTS) is 2. The van der Waals surface area contributed by atoms with E-state index >= 15 is 0 Å². The number of hydrogen-bond donors (Lipinski definition) is 0. The molecule has 0 aromatic rings. The summed E-state index contributed by atoms with van der Waals surface area (Å²) in [4.78, 5) is 19.0. The summed E-state index contributed by atoms with van der Waals surface area (Å²) < 4.78 is 0. The molecule has 17 heavy (non-hydrogen) atoms. The number of carbonyl (C=O) groups is 2. The first-order chi connectivity index (χ1) is 7.79. The third-order valence-electron chi connectivity index (χ3n) is 1.95. The summed E-state index contributed by atoms with van der Waals surface area (Å²) in [6.45, 7) is 8.95. The van der Waals surface area contributed by atoms with E-state index in [1.54, 1.807) is 0 Å². The molecule has 0 aromatic heterocycles. The van der Waals surface area contributed by atoms with E-state index in [1.807, 2.05) is 0 Å². The lowest BCUT2D eigenvalue weighted by Gasteiger charge is -1.93. The SMILES string of the molecule is C1CCCC1.C=C(C)C(=O)[O-].C=C(C)C(=O)[O-]. The van der Waals surface area contributed by atoms with E-state index in [1.165, 1.54) is 46.0 Å². The summed E-state index contributed by atoms with van der Waals surface area (Å²) in [6.07, 6.45) is 7.50. The van der Waals surface area contributed by atoms with E-state index in [-0.39, 0.29) is 11.1 Å². The van der Waals surface area contributed by atoms with Crippen LogP contribution >= 0.6 is 0 Å². The summed E-state index contributed by atoms with van der Waals surface area (Å²) in [5.74, 6) is -2.37. The predicted molar refractivity (Wildman–Crippen MR) is 62.7 cm³/mol. The van der Waals surface area contributed by atoms with Crippen LogP contribution in [0.3, 0.4) is 0 Å². The van der Waals surface area contributed by atoms with Gasteiger partial charge in [-0.1, -0.05) is 45.3 Å². The zero-order chi connectivity index (χ0) is 13.8. The molecular weight excluding hydrogens is 220 g/mol. The molecule has 0 heterocycles. The topological polar surface area (TPSA) is 80.3 Å². The van der Waals surface area contributed by atoms with Gasteiger partial charge in [-0.15, -0.1) is 0 Å². The van der Waals surface area contributed by atoms with Gasteiger partial charge in [0.2, 0.25) is 0 Å². The highest BCUT2D eigenvalue weighted by molar-refractivity contribution is 5.83. The highest BCUT2D eigenvalue weighted by Gasteiger charge is 1.95. The largest absolute Gasteiger partial charge is 0.545 e. The molecule has 1 fully saturated rings. The van der Waals surface area contributed by atoms with Crippen LogP contribution in [0, 0.1) is 0 Å². The lowest BCUT2D eigenvalue weighted by Crippen LogP contribution is -2.22. The Morgan fingerprint density at radius 1 is 0.765 bits per heavy atom. The summed E-state index contributed by atoms with van der Waals surface area (Å²) in [6, 6.07) is 0. The van der Waals surface area contributed by atoms with Crippen molar-refractivity contribution in [3.05, 3.63) is 24.3 Å². The second-order valence-electron chi connectivity index (χ2n) is 3.90. The second kappa shape index (κ2) is 10.9. The maximum absolute atomic E-state index is 9.49. The van der Waals surface area contributed by atoms with Crippen LogP contribution in [0.15, 0.2) is 24.3 Å². The number of carbonyl (C=O) groups excluding carboxylic acids is 2. The molecule has 4 heteroatoms. The van der Waals surface area contributed by atoms with Gasteiger partial charge in [-0.25, -0.2) is 0 Å². The van der Waals surface area contributed by atoms with Crippen molar-refractivity contribution in [3.63, 3.8) is 0 Å². The molecule has 1 aliphatic carbocycles. The first-order valence-corrected chi connectivity index (χ1v) is 5.52. The fraction of sp³-hybridized carbons (Fsp3) is 0.538. The minimum atomic E-state index is -1.19. The van der Waals surface area contributed by atoms with Crippen LogP contribution in [0.2, 0.25) is 0 Å². The normalized spacial score (nSPS) is 12.4. The molecule has 0 aromatic carbocycles. The third kappa shape index (κ3) is 17.1. The summed E-state index contributed by atoms with van der Waals surface area (Å²) in [5, 5.41) is 19.0. The first-order valence-electron chi connectivity index (χ1n) is 5.52. The molecule has 1 saturated carbocycles. The molecular formula is C13H20O4-2. The Balaban J connectivity index is 0. The first kappa shape index (κ1) is 17.8. The van der Waals surface area contributed by atoms with E-state index in [2.05, 4.69) is 13.2 Å². The maximum Gasteiger partial charge on any atom is 0.0666 e. The van der Waals surface area contributed by atoms with Gasteiger partial charge in [0.15, 0.2) is 0 Å². The Bertz CT molecular complexity index is 220. The van der Waals surface area contributed by atoms with Gasteiger partial charge in [-0.3, -0.25) is 0 Å². The second-order valence-corrected chi connectivity index (χ2v) is 3.90. The quantitative estimate of drug-likeness (QED) is 0.661. The number of hydrogen-bond acceptors (Lipinski definition) is 4. The van der Waals surface area contributed by atoms with Crippen molar-refractivity contribution >= 4 is 11.9 Å². The van der Waals surface area contributed by atoms with Gasteiger partial charge in [0.25, 0.3) is 0 Å². The van der Waals surface area contributed by atoms with Crippen LogP contribution < -0.4 is 10.2 Å². The Hall–Kier alpha value is -1.58. The molecule has 0 amide bonds. The van der Waals surface area contributed by atoms with Crippen LogP contribution in [-0.4, -0.2) is 11.9 Å². The fourth-order valence-corrected chi connectivity index (χ4v) is 0.884. The molecule has 98 valence electrons. The highest BCUT2D eigenvalue weighted by atomic mass is 16.4. The van der Waals surface area contributed by atoms with Gasteiger partial charge < -0.3 is 19.8 Å². The Morgan fingerprint density at radius 2 is 0.882 bits per heavy atom. The summed E-state index contributed by atoms with van der Waals surface area (Å²) >= 11 is 0. The molecule has 1 rings (SSSR count). The zero-order valence-electron chi connectivity index (χ0n) is 10.6. The van der Waals surface area contributed by atoms with Crippen LogP contribution in [0.4, 0.5) is 0 Å². The summed E-state index contributed by atoms with van der Waals surface area (Å²) in [7, 11) is 0. The van der Waals surface area contributed by atoms with Crippen LogP contribution in [0.25, 0.3) is 0 Å². The van der Waals surface area contributed by atoms with Crippen molar-refractivity contribution in [3.8, 4) is 0 Å². The molecule has 1 aliphatic rings. The Labute approximate surface area is 103 Å². The summed E-state index contributed by atoms with van der Waals surface area (Å²) in [5.41, 5.74) is 0.130. The predicted octanol–water partition coefficient (Wildman–Crippen LogP) is 0.575. The highest BCUT2D eigenvalue weighted by Crippen LogP contribution is 2.15. The van der Waals surface area contributed by atoms with Crippen LogP contribution in [-0.2, 0) is 9.59 Å². The lowest BCUT2D eigenvalue weighted by atomic mass is 10.4. The van der Waals surface area contributed by atoms with Crippen molar-refractivity contribution < 1.29 is 19.8 Å². The van der Waals surface area contributed by atoms with Crippen molar-refractivity contribution in [2.45, 2.75) is 46.0 Å². The van der Waals surface area contributed by atoms with Gasteiger partial charge in [-0.2, -0.15) is 0 Å². The fourth-order valence-electron chi connectivity index (χ4n) is 0.884. The van der Waals surface area contributed by atoms with Crippen molar-refractivity contribution in [2.24, 2.45) is 0 Å². The van der Waals surface area contributed by atoms with Crippen molar-refractivity contribution in [2.75, 3.05) is 0 Å². The Kier molecular flexibility index (Phi) is 11.4. The average molecular weight is 240 g/mol. The zero-order valence-corrected chi connectivity index (χ0v) is 10.6. The molecule has 0 radical (unpaired) electrons. The molecule has 0 atom stereocenters. The maximum atomic E-state index is 9.49. The molecule has 0 aliphatic heterocycles. The van der Waals surface area contributed by atoms with Gasteiger partial charge in [0.05, 0.1) is 11.9 Å². The lowest BCUT2D eigenvalue weighted by molar-refractivity contribution is -0.300. The number of aliphatic carboxylic acids is 2. The molecule has 0 saturated heterocycles. The number of rotatable bonds is 2. The van der Waals surface area contributed by atoms with E-state index in [0.29, 0.717) is 0 Å². The average Bonchev–Trinajstić information content (AvgIpc) is 2.75. The van der Waals surface area contributed by atoms with Crippen molar-refractivity contribution in [1.82, 2.24) is 0 Å². The number of carboxylic acids is 2. The monoisotopic (exact) mass is 240 g/mol.